The van der Waals surface area contributed by atoms with Gasteiger partial charge in [-0.1, -0.05) is 37.3 Å². The molecule has 0 aromatic heterocycles. The fourth-order valence-electron chi connectivity index (χ4n) is 2.28. The van der Waals surface area contributed by atoms with E-state index in [4.69, 9.17) is 18.0 Å². The summed E-state index contributed by atoms with van der Waals surface area (Å²) in [6.07, 6.45) is 1.17. The third kappa shape index (κ3) is 2.64. The highest BCUT2D eigenvalue weighted by atomic mass is 32.1. The van der Waals surface area contributed by atoms with Gasteiger partial charge in [0.2, 0.25) is 5.91 Å². The largest absolute Gasteiger partial charge is 0.393 e. The van der Waals surface area contributed by atoms with Gasteiger partial charge in [0.15, 0.2) is 0 Å². The van der Waals surface area contributed by atoms with Crippen molar-refractivity contribution in [3.05, 3.63) is 29.8 Å². The van der Waals surface area contributed by atoms with Crippen molar-refractivity contribution in [3.63, 3.8) is 0 Å². The molecule has 1 aliphatic rings. The van der Waals surface area contributed by atoms with Crippen LogP contribution in [0.4, 0.5) is 5.69 Å². The Bertz CT molecular complexity index is 458. The fourth-order valence-corrected chi connectivity index (χ4v) is 2.40. The van der Waals surface area contributed by atoms with E-state index in [0.29, 0.717) is 5.92 Å². The highest BCUT2D eigenvalue weighted by Crippen LogP contribution is 2.29. The molecule has 1 aromatic rings. The minimum Gasteiger partial charge on any atom is -0.393 e. The maximum atomic E-state index is 12.1. The summed E-state index contributed by atoms with van der Waals surface area (Å²) < 4.78 is 0. The smallest absolute Gasteiger partial charge is 0.233 e. The lowest BCUT2D eigenvalue weighted by Gasteiger charge is -2.33. The molecule has 0 fully saturated rings. The number of carbonyl (C=O) groups excluding carboxylic acids is 1. The molecule has 4 heteroatoms. The first-order valence-corrected chi connectivity index (χ1v) is 6.15. The lowest BCUT2D eigenvalue weighted by Crippen LogP contribution is -2.40. The highest BCUT2D eigenvalue weighted by molar-refractivity contribution is 7.80. The molecule has 1 heterocycles. The summed E-state index contributed by atoms with van der Waals surface area (Å²) in [7, 11) is 0. The molecule has 0 saturated heterocycles. The van der Waals surface area contributed by atoms with E-state index in [2.05, 4.69) is 13.0 Å². The average molecular weight is 248 g/mol. The Morgan fingerprint density at radius 1 is 1.53 bits per heavy atom. The number of fused-ring (bicyclic) bond motifs is 1. The number of hydrogen-bond acceptors (Lipinski definition) is 2. The van der Waals surface area contributed by atoms with Crippen LogP contribution in [0.3, 0.4) is 0 Å². The summed E-state index contributed by atoms with van der Waals surface area (Å²) in [6, 6.07) is 8.02. The number of anilines is 1. The molecule has 3 nitrogen and oxygen atoms in total. The Hall–Kier alpha value is -1.42. The molecule has 1 aromatic carbocycles. The molecular formula is C13H16N2OS. The molecule has 2 rings (SSSR count). The van der Waals surface area contributed by atoms with Crippen molar-refractivity contribution in [2.75, 3.05) is 11.4 Å². The number of nitrogens with two attached hydrogens (primary N) is 1. The third-order valence-corrected chi connectivity index (χ3v) is 3.12. The van der Waals surface area contributed by atoms with Crippen molar-refractivity contribution in [2.45, 2.75) is 19.8 Å². The van der Waals surface area contributed by atoms with Gasteiger partial charge in [-0.25, -0.2) is 0 Å². The Balaban J connectivity index is 2.29. The van der Waals surface area contributed by atoms with Crippen LogP contribution in [0.25, 0.3) is 0 Å². The number of benzene rings is 1. The van der Waals surface area contributed by atoms with Gasteiger partial charge >= 0.3 is 0 Å². The van der Waals surface area contributed by atoms with E-state index in [-0.39, 0.29) is 17.3 Å². The van der Waals surface area contributed by atoms with Crippen molar-refractivity contribution in [1.82, 2.24) is 0 Å². The van der Waals surface area contributed by atoms with E-state index in [1.165, 1.54) is 5.56 Å². The molecule has 1 aliphatic heterocycles. The molecule has 90 valence electrons. The minimum absolute atomic E-state index is 0.00324. The lowest BCUT2D eigenvalue weighted by atomic mass is 9.93. The molecule has 1 unspecified atom stereocenters. The zero-order chi connectivity index (χ0) is 12.4. The van der Waals surface area contributed by atoms with Gasteiger partial charge in [-0.15, -0.1) is 0 Å². The second-order valence-corrected chi connectivity index (χ2v) is 5.11. The van der Waals surface area contributed by atoms with Crippen molar-refractivity contribution in [1.29, 1.82) is 0 Å². The molecule has 2 N–H and O–H groups in total. The van der Waals surface area contributed by atoms with Crippen LogP contribution in [-0.4, -0.2) is 17.4 Å². The van der Waals surface area contributed by atoms with Crippen LogP contribution >= 0.6 is 12.2 Å². The SMILES string of the molecule is CC1Cc2ccccc2N(C(=O)CC(N)=S)C1. The van der Waals surface area contributed by atoms with E-state index < -0.39 is 0 Å². The Morgan fingerprint density at radius 2 is 2.24 bits per heavy atom. The van der Waals surface area contributed by atoms with E-state index in [9.17, 15) is 4.79 Å². The highest BCUT2D eigenvalue weighted by Gasteiger charge is 2.25. The van der Waals surface area contributed by atoms with Crippen molar-refractivity contribution >= 4 is 28.8 Å². The maximum absolute atomic E-state index is 12.1. The fraction of sp³-hybridized carbons (Fsp3) is 0.385. The number of hydrogen-bond donors (Lipinski definition) is 1. The normalized spacial score (nSPS) is 18.6. The standard InChI is InChI=1S/C13H16N2OS/c1-9-6-10-4-2-3-5-11(10)15(8-9)13(16)7-12(14)17/h2-5,9H,6-8H2,1H3,(H2,14,17). The number of rotatable bonds is 2. The van der Waals surface area contributed by atoms with Crippen molar-refractivity contribution < 1.29 is 4.79 Å². The molecule has 0 spiro atoms. The third-order valence-electron chi connectivity index (χ3n) is 2.97. The van der Waals surface area contributed by atoms with Crippen LogP contribution < -0.4 is 10.6 Å². The van der Waals surface area contributed by atoms with Gasteiger partial charge in [0.05, 0.1) is 11.4 Å². The van der Waals surface area contributed by atoms with E-state index >= 15 is 0 Å². The number of nitrogens with zero attached hydrogens (tertiary/aromatic N) is 1. The number of amides is 1. The molecule has 0 bridgehead atoms. The molecule has 1 amide bonds. The van der Waals surface area contributed by atoms with Gasteiger partial charge in [0.25, 0.3) is 0 Å². The van der Waals surface area contributed by atoms with Crippen LogP contribution in [0, 0.1) is 5.92 Å². The zero-order valence-corrected chi connectivity index (χ0v) is 10.7. The van der Waals surface area contributed by atoms with Crippen molar-refractivity contribution in [3.8, 4) is 0 Å². The number of para-hydroxylation sites is 1. The maximum Gasteiger partial charge on any atom is 0.233 e. The molecule has 1 atom stereocenters. The Morgan fingerprint density at radius 3 is 2.94 bits per heavy atom. The predicted molar refractivity (Wildman–Crippen MR) is 73.1 cm³/mol. The zero-order valence-electron chi connectivity index (χ0n) is 9.85. The van der Waals surface area contributed by atoms with Crippen LogP contribution in [0.15, 0.2) is 24.3 Å². The molecule has 17 heavy (non-hydrogen) atoms. The molecule has 0 saturated carbocycles. The predicted octanol–water partition coefficient (Wildman–Crippen LogP) is 1.89. The van der Waals surface area contributed by atoms with Gasteiger partial charge in [0, 0.05) is 12.2 Å². The van der Waals surface area contributed by atoms with E-state index in [1.807, 2.05) is 23.1 Å². The van der Waals surface area contributed by atoms with Gasteiger partial charge < -0.3 is 10.6 Å². The van der Waals surface area contributed by atoms with Gasteiger partial charge in [-0.05, 0) is 24.0 Å². The summed E-state index contributed by atoms with van der Waals surface area (Å²) >= 11 is 4.80. The van der Waals surface area contributed by atoms with Gasteiger partial charge in [-0.2, -0.15) is 0 Å². The number of carbonyl (C=O) groups is 1. The monoisotopic (exact) mass is 248 g/mol. The quantitative estimate of drug-likeness (QED) is 0.813. The lowest BCUT2D eigenvalue weighted by molar-refractivity contribution is -0.117. The second-order valence-electron chi connectivity index (χ2n) is 4.59. The first kappa shape index (κ1) is 12.0. The Kier molecular flexibility index (Phi) is 3.43. The minimum atomic E-state index is -0.00324. The van der Waals surface area contributed by atoms with Crippen LogP contribution in [0.5, 0.6) is 0 Å². The van der Waals surface area contributed by atoms with Crippen molar-refractivity contribution in [2.24, 2.45) is 11.7 Å². The first-order valence-electron chi connectivity index (χ1n) is 5.74. The summed E-state index contributed by atoms with van der Waals surface area (Å²) in [4.78, 5) is 14.1. The Labute approximate surface area is 107 Å². The van der Waals surface area contributed by atoms with E-state index in [1.54, 1.807) is 0 Å². The van der Waals surface area contributed by atoms with Gasteiger partial charge in [0.1, 0.15) is 0 Å². The summed E-state index contributed by atoms with van der Waals surface area (Å²) in [5.41, 5.74) is 7.67. The average Bonchev–Trinajstić information content (AvgIpc) is 2.26. The topological polar surface area (TPSA) is 46.3 Å². The summed E-state index contributed by atoms with van der Waals surface area (Å²) in [5, 5.41) is 0. The molecule has 0 aliphatic carbocycles. The van der Waals surface area contributed by atoms with Crippen LogP contribution in [-0.2, 0) is 11.2 Å². The van der Waals surface area contributed by atoms with E-state index in [0.717, 1.165) is 18.7 Å². The van der Waals surface area contributed by atoms with Crippen LogP contribution in [0.1, 0.15) is 18.9 Å². The molecule has 0 radical (unpaired) electrons. The second kappa shape index (κ2) is 4.84. The summed E-state index contributed by atoms with van der Waals surface area (Å²) in [6.45, 7) is 2.90. The van der Waals surface area contributed by atoms with Crippen LogP contribution in [0.2, 0.25) is 0 Å². The first-order chi connectivity index (χ1) is 8.08. The summed E-state index contributed by atoms with van der Waals surface area (Å²) in [5.74, 6) is 0.469. The number of thiocarbonyl (C=S) groups is 1. The molecular weight excluding hydrogens is 232 g/mol. The van der Waals surface area contributed by atoms with Gasteiger partial charge in [-0.3, -0.25) is 4.79 Å².